The molecule has 0 atom stereocenters. The fraction of sp³-hybridized carbons (Fsp3) is 0.462. The minimum absolute atomic E-state index is 0.0613. The second-order valence-electron chi connectivity index (χ2n) is 5.26. The minimum atomic E-state index is -3.84. The molecule has 1 rings (SSSR count). The van der Waals surface area contributed by atoms with Gasteiger partial charge in [0.15, 0.2) is 0 Å². The third-order valence-corrected chi connectivity index (χ3v) is 4.45. The molecule has 2 N–H and O–H groups in total. The van der Waals surface area contributed by atoms with Gasteiger partial charge in [0.05, 0.1) is 4.90 Å². The van der Waals surface area contributed by atoms with Crippen LogP contribution < -0.4 is 4.72 Å². The van der Waals surface area contributed by atoms with Crippen molar-refractivity contribution in [2.75, 3.05) is 0 Å². The lowest BCUT2D eigenvalue weighted by Crippen LogP contribution is -2.49. The molecular weight excluding hydrogens is 266 g/mol. The molecule has 0 bridgehead atoms. The van der Waals surface area contributed by atoms with Crippen molar-refractivity contribution in [3.63, 3.8) is 0 Å². The number of rotatable bonds is 5. The Morgan fingerprint density at radius 3 is 2.05 bits per heavy atom. The maximum atomic E-state index is 12.1. The van der Waals surface area contributed by atoms with Gasteiger partial charge in [-0.15, -0.1) is 0 Å². The molecule has 0 aliphatic rings. The molecule has 0 aliphatic heterocycles. The zero-order chi connectivity index (χ0) is 14.8. The molecule has 0 heterocycles. The molecule has 1 aromatic carbocycles. The normalized spacial score (nSPS) is 12.7. The summed E-state index contributed by atoms with van der Waals surface area (Å²) >= 11 is 0. The van der Waals surface area contributed by atoms with Crippen LogP contribution in [-0.2, 0) is 14.8 Å². The largest absolute Gasteiger partial charge is 0.480 e. The Labute approximate surface area is 113 Å². The molecule has 0 saturated heterocycles. The number of hydrogen-bond donors (Lipinski definition) is 2. The van der Waals surface area contributed by atoms with Gasteiger partial charge in [0.25, 0.3) is 0 Å². The summed E-state index contributed by atoms with van der Waals surface area (Å²) in [6.07, 6.45) is 0. The van der Waals surface area contributed by atoms with Gasteiger partial charge in [0.2, 0.25) is 10.0 Å². The lowest BCUT2D eigenvalue weighted by atomic mass is 10.0. The van der Waals surface area contributed by atoms with Crippen molar-refractivity contribution in [2.24, 2.45) is 0 Å². The van der Waals surface area contributed by atoms with Crippen LogP contribution in [0.5, 0.6) is 0 Å². The molecule has 0 saturated carbocycles. The van der Waals surface area contributed by atoms with Crippen LogP contribution in [0, 0.1) is 0 Å². The second kappa shape index (κ2) is 5.30. The smallest absolute Gasteiger partial charge is 0.324 e. The molecule has 19 heavy (non-hydrogen) atoms. The number of carboxylic acids is 1. The molecule has 0 radical (unpaired) electrons. The molecule has 106 valence electrons. The van der Waals surface area contributed by atoms with Crippen molar-refractivity contribution in [3.8, 4) is 0 Å². The van der Waals surface area contributed by atoms with E-state index in [1.807, 2.05) is 13.8 Å². The van der Waals surface area contributed by atoms with Crippen LogP contribution in [0.25, 0.3) is 0 Å². The first-order valence-corrected chi connectivity index (χ1v) is 7.42. The quantitative estimate of drug-likeness (QED) is 0.866. The van der Waals surface area contributed by atoms with Crippen LogP contribution in [0.4, 0.5) is 0 Å². The summed E-state index contributed by atoms with van der Waals surface area (Å²) in [4.78, 5) is 11.0. The average molecular weight is 285 g/mol. The van der Waals surface area contributed by atoms with Gasteiger partial charge in [-0.2, -0.15) is 4.72 Å². The zero-order valence-electron chi connectivity index (χ0n) is 11.5. The first-order valence-electron chi connectivity index (χ1n) is 5.93. The van der Waals surface area contributed by atoms with Crippen molar-refractivity contribution in [3.05, 3.63) is 29.8 Å². The second-order valence-corrected chi connectivity index (χ2v) is 6.94. The summed E-state index contributed by atoms with van der Waals surface area (Å²) in [5, 5.41) is 8.94. The number of sulfonamides is 1. The summed E-state index contributed by atoms with van der Waals surface area (Å²) < 4.78 is 26.3. The van der Waals surface area contributed by atoms with E-state index in [4.69, 9.17) is 5.11 Å². The van der Waals surface area contributed by atoms with Crippen LogP contribution in [0.15, 0.2) is 29.2 Å². The fourth-order valence-corrected chi connectivity index (χ4v) is 2.84. The van der Waals surface area contributed by atoms with Crippen LogP contribution in [-0.4, -0.2) is 25.0 Å². The van der Waals surface area contributed by atoms with Gasteiger partial charge in [-0.3, -0.25) is 4.79 Å². The van der Waals surface area contributed by atoms with Gasteiger partial charge in [-0.1, -0.05) is 26.0 Å². The van der Waals surface area contributed by atoms with Gasteiger partial charge in [-0.05, 0) is 37.5 Å². The number of carboxylic acid groups (broad SMARTS) is 1. The molecule has 5 nitrogen and oxygen atoms in total. The van der Waals surface area contributed by atoms with E-state index in [0.29, 0.717) is 5.92 Å². The van der Waals surface area contributed by atoms with Crippen molar-refractivity contribution >= 4 is 16.0 Å². The SMILES string of the molecule is CC(C)c1ccc(S(=O)(=O)NC(C)(C)C(=O)O)cc1. The van der Waals surface area contributed by atoms with E-state index < -0.39 is 21.5 Å². The molecule has 0 aromatic heterocycles. The topological polar surface area (TPSA) is 83.5 Å². The maximum absolute atomic E-state index is 12.1. The van der Waals surface area contributed by atoms with E-state index >= 15 is 0 Å². The number of aliphatic carboxylic acids is 1. The summed E-state index contributed by atoms with van der Waals surface area (Å²) in [6, 6.07) is 6.42. The van der Waals surface area contributed by atoms with E-state index in [2.05, 4.69) is 4.72 Å². The minimum Gasteiger partial charge on any atom is -0.480 e. The number of carbonyl (C=O) groups is 1. The molecule has 0 unspecified atom stereocenters. The number of nitrogens with one attached hydrogen (secondary N) is 1. The van der Waals surface area contributed by atoms with Crippen molar-refractivity contribution < 1.29 is 18.3 Å². The zero-order valence-corrected chi connectivity index (χ0v) is 12.3. The molecule has 0 amide bonds. The highest BCUT2D eigenvalue weighted by atomic mass is 32.2. The Kier molecular flexibility index (Phi) is 4.37. The predicted octanol–water partition coefficient (Wildman–Crippen LogP) is 1.95. The Morgan fingerprint density at radius 1 is 1.21 bits per heavy atom. The standard InChI is InChI=1S/C13H19NO4S/c1-9(2)10-5-7-11(8-6-10)19(17,18)14-13(3,4)12(15)16/h5-9,14H,1-4H3,(H,15,16). The Balaban J connectivity index is 3.05. The summed E-state index contributed by atoms with van der Waals surface area (Å²) in [7, 11) is -3.84. The highest BCUT2D eigenvalue weighted by Gasteiger charge is 2.32. The van der Waals surface area contributed by atoms with Gasteiger partial charge in [0.1, 0.15) is 5.54 Å². The van der Waals surface area contributed by atoms with E-state index in [-0.39, 0.29) is 4.90 Å². The Hall–Kier alpha value is -1.40. The first-order chi connectivity index (χ1) is 8.56. The third kappa shape index (κ3) is 3.78. The number of hydrogen-bond acceptors (Lipinski definition) is 3. The van der Waals surface area contributed by atoms with Gasteiger partial charge in [-0.25, -0.2) is 8.42 Å². The molecule has 0 fully saturated rings. The molecule has 6 heteroatoms. The van der Waals surface area contributed by atoms with Crippen molar-refractivity contribution in [2.45, 2.75) is 44.0 Å². The third-order valence-electron chi connectivity index (χ3n) is 2.78. The average Bonchev–Trinajstić information content (AvgIpc) is 2.27. The van der Waals surface area contributed by atoms with Gasteiger partial charge in [0, 0.05) is 0 Å². The lowest BCUT2D eigenvalue weighted by Gasteiger charge is -2.21. The van der Waals surface area contributed by atoms with Gasteiger partial charge >= 0.3 is 5.97 Å². The van der Waals surface area contributed by atoms with E-state index in [1.165, 1.54) is 26.0 Å². The molecular formula is C13H19NO4S. The van der Waals surface area contributed by atoms with E-state index in [9.17, 15) is 13.2 Å². The highest BCUT2D eigenvalue weighted by molar-refractivity contribution is 7.89. The van der Waals surface area contributed by atoms with Crippen LogP contribution in [0.2, 0.25) is 0 Å². The summed E-state index contributed by atoms with van der Waals surface area (Å²) in [6.45, 7) is 6.62. The van der Waals surface area contributed by atoms with Crippen LogP contribution >= 0.6 is 0 Å². The van der Waals surface area contributed by atoms with Crippen molar-refractivity contribution in [1.82, 2.24) is 4.72 Å². The highest BCUT2D eigenvalue weighted by Crippen LogP contribution is 2.18. The fourth-order valence-electron chi connectivity index (χ4n) is 1.47. The molecule has 1 aromatic rings. The summed E-state index contributed by atoms with van der Waals surface area (Å²) in [5.74, 6) is -0.921. The van der Waals surface area contributed by atoms with E-state index in [0.717, 1.165) is 5.56 Å². The molecule has 0 spiro atoms. The molecule has 0 aliphatic carbocycles. The van der Waals surface area contributed by atoms with Crippen molar-refractivity contribution in [1.29, 1.82) is 0 Å². The number of benzene rings is 1. The first kappa shape index (κ1) is 15.7. The van der Waals surface area contributed by atoms with Crippen LogP contribution in [0.3, 0.4) is 0 Å². The van der Waals surface area contributed by atoms with Gasteiger partial charge < -0.3 is 5.11 Å². The predicted molar refractivity (Wildman–Crippen MR) is 72.6 cm³/mol. The Bertz CT molecular complexity index is 559. The lowest BCUT2D eigenvalue weighted by molar-refractivity contribution is -0.142. The van der Waals surface area contributed by atoms with Crippen LogP contribution in [0.1, 0.15) is 39.2 Å². The van der Waals surface area contributed by atoms with E-state index in [1.54, 1.807) is 12.1 Å². The monoisotopic (exact) mass is 285 g/mol. The Morgan fingerprint density at radius 2 is 1.68 bits per heavy atom. The maximum Gasteiger partial charge on any atom is 0.324 e. The summed E-state index contributed by atoms with van der Waals surface area (Å²) in [5.41, 5.74) is -0.522.